The van der Waals surface area contributed by atoms with Gasteiger partial charge in [-0.1, -0.05) is 26.7 Å². The second kappa shape index (κ2) is 6.70. The minimum absolute atomic E-state index is 0.136. The number of nitrogens with zero attached hydrogens (tertiary/aromatic N) is 1. The Kier molecular flexibility index (Phi) is 5.51. The molecule has 88 valence electrons. The summed E-state index contributed by atoms with van der Waals surface area (Å²) < 4.78 is 0. The van der Waals surface area contributed by atoms with E-state index in [2.05, 4.69) is 19.2 Å². The van der Waals surface area contributed by atoms with E-state index in [1.54, 1.807) is 0 Å². The molecule has 0 unspecified atom stereocenters. The SMILES string of the molecule is CC(C)CCCCNC(=O)N1CCCC1. The Morgan fingerprint density at radius 3 is 2.53 bits per heavy atom. The number of likely N-dealkylation sites (tertiary alicyclic amines) is 1. The lowest BCUT2D eigenvalue weighted by Gasteiger charge is -2.16. The highest BCUT2D eigenvalue weighted by Gasteiger charge is 2.16. The lowest BCUT2D eigenvalue weighted by atomic mass is 10.1. The van der Waals surface area contributed by atoms with Gasteiger partial charge in [-0.05, 0) is 25.2 Å². The number of unbranched alkanes of at least 4 members (excludes halogenated alkanes) is 1. The molecule has 15 heavy (non-hydrogen) atoms. The maximum atomic E-state index is 11.6. The topological polar surface area (TPSA) is 32.3 Å². The van der Waals surface area contributed by atoms with Crippen molar-refractivity contribution in [1.82, 2.24) is 10.2 Å². The van der Waals surface area contributed by atoms with E-state index in [1.165, 1.54) is 25.7 Å². The molecular weight excluding hydrogens is 188 g/mol. The number of carbonyl (C=O) groups excluding carboxylic acids is 1. The predicted molar refractivity (Wildman–Crippen MR) is 62.9 cm³/mol. The zero-order chi connectivity index (χ0) is 11.1. The summed E-state index contributed by atoms with van der Waals surface area (Å²) in [5.41, 5.74) is 0. The molecule has 0 aromatic carbocycles. The Bertz CT molecular complexity index is 186. The second-order valence-corrected chi connectivity index (χ2v) is 4.82. The molecule has 0 aliphatic carbocycles. The molecule has 1 rings (SSSR count). The van der Waals surface area contributed by atoms with Gasteiger partial charge in [-0.25, -0.2) is 4.79 Å². The van der Waals surface area contributed by atoms with Crippen LogP contribution in [0.4, 0.5) is 4.79 Å². The van der Waals surface area contributed by atoms with Crippen LogP contribution in [0.1, 0.15) is 46.0 Å². The van der Waals surface area contributed by atoms with Crippen LogP contribution in [0.25, 0.3) is 0 Å². The number of nitrogens with one attached hydrogen (secondary N) is 1. The van der Waals surface area contributed by atoms with Crippen LogP contribution >= 0.6 is 0 Å². The number of carbonyl (C=O) groups is 1. The Hall–Kier alpha value is -0.730. The number of hydrogen-bond donors (Lipinski definition) is 1. The summed E-state index contributed by atoms with van der Waals surface area (Å²) in [4.78, 5) is 13.5. The molecule has 1 fully saturated rings. The number of amides is 2. The summed E-state index contributed by atoms with van der Waals surface area (Å²) in [5, 5.41) is 2.99. The molecule has 1 saturated heterocycles. The maximum Gasteiger partial charge on any atom is 0.317 e. The van der Waals surface area contributed by atoms with Gasteiger partial charge in [-0.15, -0.1) is 0 Å². The van der Waals surface area contributed by atoms with E-state index in [0.717, 1.165) is 32.0 Å². The molecule has 3 nitrogen and oxygen atoms in total. The van der Waals surface area contributed by atoms with Crippen molar-refractivity contribution in [2.45, 2.75) is 46.0 Å². The van der Waals surface area contributed by atoms with Crippen LogP contribution in [0.15, 0.2) is 0 Å². The van der Waals surface area contributed by atoms with Crippen LogP contribution in [0.2, 0.25) is 0 Å². The van der Waals surface area contributed by atoms with E-state index in [1.807, 2.05) is 4.90 Å². The van der Waals surface area contributed by atoms with Gasteiger partial charge in [0.25, 0.3) is 0 Å². The molecule has 3 heteroatoms. The summed E-state index contributed by atoms with van der Waals surface area (Å²) in [7, 11) is 0. The van der Waals surface area contributed by atoms with Crippen LogP contribution < -0.4 is 5.32 Å². The first-order chi connectivity index (χ1) is 7.20. The standard InChI is InChI=1S/C12H24N2O/c1-11(2)7-3-4-8-13-12(15)14-9-5-6-10-14/h11H,3-10H2,1-2H3,(H,13,15). The molecule has 0 bridgehead atoms. The molecule has 0 saturated carbocycles. The van der Waals surface area contributed by atoms with E-state index in [-0.39, 0.29) is 6.03 Å². The average molecular weight is 212 g/mol. The Labute approximate surface area is 93.2 Å². The summed E-state index contributed by atoms with van der Waals surface area (Å²) in [5.74, 6) is 0.777. The fraction of sp³-hybridized carbons (Fsp3) is 0.917. The highest BCUT2D eigenvalue weighted by atomic mass is 16.2. The van der Waals surface area contributed by atoms with E-state index in [4.69, 9.17) is 0 Å². The molecule has 0 aromatic rings. The molecule has 1 N–H and O–H groups in total. The summed E-state index contributed by atoms with van der Waals surface area (Å²) in [6.07, 6.45) is 5.93. The van der Waals surface area contributed by atoms with E-state index in [9.17, 15) is 4.79 Å². The quantitative estimate of drug-likeness (QED) is 0.698. The highest BCUT2D eigenvalue weighted by molar-refractivity contribution is 5.74. The number of rotatable bonds is 5. The van der Waals surface area contributed by atoms with Gasteiger partial charge in [0.1, 0.15) is 0 Å². The van der Waals surface area contributed by atoms with Crippen molar-refractivity contribution in [1.29, 1.82) is 0 Å². The first-order valence-electron chi connectivity index (χ1n) is 6.23. The number of hydrogen-bond acceptors (Lipinski definition) is 1. The Balaban J connectivity index is 1.97. The zero-order valence-electron chi connectivity index (χ0n) is 10.1. The van der Waals surface area contributed by atoms with Gasteiger partial charge in [-0.3, -0.25) is 0 Å². The minimum atomic E-state index is 0.136. The lowest BCUT2D eigenvalue weighted by Crippen LogP contribution is -2.38. The van der Waals surface area contributed by atoms with Gasteiger partial charge in [0.15, 0.2) is 0 Å². The third-order valence-electron chi connectivity index (χ3n) is 2.88. The Morgan fingerprint density at radius 2 is 1.93 bits per heavy atom. The summed E-state index contributed by atoms with van der Waals surface area (Å²) in [6.45, 7) is 7.20. The summed E-state index contributed by atoms with van der Waals surface area (Å²) >= 11 is 0. The van der Waals surface area contributed by atoms with Gasteiger partial charge in [0.05, 0.1) is 0 Å². The van der Waals surface area contributed by atoms with Crippen molar-refractivity contribution < 1.29 is 4.79 Å². The summed E-state index contributed by atoms with van der Waals surface area (Å²) in [6, 6.07) is 0.136. The molecule has 0 spiro atoms. The van der Waals surface area contributed by atoms with Gasteiger partial charge in [0, 0.05) is 19.6 Å². The van der Waals surface area contributed by atoms with Crippen molar-refractivity contribution >= 4 is 6.03 Å². The van der Waals surface area contributed by atoms with Crippen LogP contribution in [0.3, 0.4) is 0 Å². The molecule has 1 aliphatic rings. The monoisotopic (exact) mass is 212 g/mol. The molecule has 1 aliphatic heterocycles. The van der Waals surface area contributed by atoms with Crippen LogP contribution in [-0.2, 0) is 0 Å². The predicted octanol–water partition coefficient (Wildman–Crippen LogP) is 2.62. The minimum Gasteiger partial charge on any atom is -0.338 e. The maximum absolute atomic E-state index is 11.6. The van der Waals surface area contributed by atoms with Crippen LogP contribution in [0, 0.1) is 5.92 Å². The van der Waals surface area contributed by atoms with Gasteiger partial charge < -0.3 is 10.2 Å². The van der Waals surface area contributed by atoms with Crippen molar-refractivity contribution in [2.24, 2.45) is 5.92 Å². The zero-order valence-corrected chi connectivity index (χ0v) is 10.1. The largest absolute Gasteiger partial charge is 0.338 e. The Morgan fingerprint density at radius 1 is 1.27 bits per heavy atom. The molecule has 1 heterocycles. The van der Waals surface area contributed by atoms with Crippen LogP contribution in [0.5, 0.6) is 0 Å². The van der Waals surface area contributed by atoms with Gasteiger partial charge in [0.2, 0.25) is 0 Å². The normalized spacial score (nSPS) is 16.1. The van der Waals surface area contributed by atoms with E-state index < -0.39 is 0 Å². The molecule has 2 amide bonds. The third-order valence-corrected chi connectivity index (χ3v) is 2.88. The molecular formula is C12H24N2O. The van der Waals surface area contributed by atoms with E-state index >= 15 is 0 Å². The van der Waals surface area contributed by atoms with Crippen molar-refractivity contribution in [3.05, 3.63) is 0 Å². The smallest absolute Gasteiger partial charge is 0.317 e. The molecule has 0 atom stereocenters. The highest BCUT2D eigenvalue weighted by Crippen LogP contribution is 2.08. The van der Waals surface area contributed by atoms with Gasteiger partial charge in [-0.2, -0.15) is 0 Å². The first-order valence-corrected chi connectivity index (χ1v) is 6.23. The number of urea groups is 1. The molecule has 0 radical (unpaired) electrons. The fourth-order valence-corrected chi connectivity index (χ4v) is 1.90. The van der Waals surface area contributed by atoms with Crippen molar-refractivity contribution in [3.8, 4) is 0 Å². The van der Waals surface area contributed by atoms with Crippen molar-refractivity contribution in [3.63, 3.8) is 0 Å². The first kappa shape index (κ1) is 12.3. The fourth-order valence-electron chi connectivity index (χ4n) is 1.90. The average Bonchev–Trinajstić information content (AvgIpc) is 2.69. The third kappa shape index (κ3) is 5.05. The lowest BCUT2D eigenvalue weighted by molar-refractivity contribution is 0.208. The van der Waals surface area contributed by atoms with Crippen LogP contribution in [-0.4, -0.2) is 30.6 Å². The van der Waals surface area contributed by atoms with Gasteiger partial charge >= 0.3 is 6.03 Å². The molecule has 0 aromatic heterocycles. The second-order valence-electron chi connectivity index (χ2n) is 4.82. The van der Waals surface area contributed by atoms with Crippen molar-refractivity contribution in [2.75, 3.05) is 19.6 Å². The van der Waals surface area contributed by atoms with E-state index in [0.29, 0.717) is 0 Å².